The molecule has 0 aliphatic heterocycles. The van der Waals surface area contributed by atoms with E-state index < -0.39 is 9.05 Å². The molecule has 0 aromatic carbocycles. The third kappa shape index (κ3) is 3.08. The van der Waals surface area contributed by atoms with Gasteiger partial charge in [0.2, 0.25) is 5.89 Å². The molecule has 0 aliphatic rings. The van der Waals surface area contributed by atoms with Gasteiger partial charge in [-0.05, 0) is 6.42 Å². The molecule has 98 valence electrons. The molecular weight excluding hydrogens is 280 g/mol. The number of hydrogen-bond acceptors (Lipinski definition) is 6. The molecule has 0 unspecified atom stereocenters. The second-order valence-corrected chi connectivity index (χ2v) is 6.19. The van der Waals surface area contributed by atoms with Gasteiger partial charge in [-0.3, -0.25) is 0 Å². The highest BCUT2D eigenvalue weighted by Crippen LogP contribution is 2.12. The Morgan fingerprint density at radius 1 is 1.50 bits per heavy atom. The van der Waals surface area contributed by atoms with Crippen LogP contribution >= 0.6 is 10.7 Å². The molecule has 0 saturated carbocycles. The van der Waals surface area contributed by atoms with Crippen LogP contribution in [0.2, 0.25) is 0 Å². The number of aryl methyl sites for hydroxylation is 1. The Balaban J connectivity index is 2.11. The Hall–Kier alpha value is -1.41. The van der Waals surface area contributed by atoms with E-state index in [1.54, 1.807) is 0 Å². The minimum atomic E-state index is -3.80. The van der Waals surface area contributed by atoms with Crippen LogP contribution < -0.4 is 0 Å². The lowest BCUT2D eigenvalue weighted by molar-refractivity contribution is 0.371. The fourth-order valence-corrected chi connectivity index (χ4v) is 2.06. The zero-order chi connectivity index (χ0) is 13.2. The standard InChI is InChI=1S/C9H11ClN4O3S/c1-2-3-8-12-7(13-17-8)4-14-5-9(11-6-14)18(10,15)16/h5-6H,2-4H2,1H3. The van der Waals surface area contributed by atoms with E-state index in [1.165, 1.54) is 17.1 Å². The summed E-state index contributed by atoms with van der Waals surface area (Å²) >= 11 is 0. The minimum absolute atomic E-state index is 0.193. The van der Waals surface area contributed by atoms with Crippen LogP contribution in [0.4, 0.5) is 0 Å². The van der Waals surface area contributed by atoms with Crippen LogP contribution in [0.5, 0.6) is 0 Å². The third-order valence-electron chi connectivity index (χ3n) is 2.16. The van der Waals surface area contributed by atoms with Crippen LogP contribution in [0.25, 0.3) is 0 Å². The first-order valence-corrected chi connectivity index (χ1v) is 7.58. The summed E-state index contributed by atoms with van der Waals surface area (Å²) in [5.41, 5.74) is 0. The monoisotopic (exact) mass is 290 g/mol. The van der Waals surface area contributed by atoms with Gasteiger partial charge in [0.05, 0.1) is 12.9 Å². The molecule has 0 radical (unpaired) electrons. The van der Waals surface area contributed by atoms with E-state index in [0.29, 0.717) is 11.7 Å². The number of imidazole rings is 1. The molecular formula is C9H11ClN4O3S. The fourth-order valence-electron chi connectivity index (χ4n) is 1.39. The first kappa shape index (κ1) is 13.0. The van der Waals surface area contributed by atoms with E-state index in [2.05, 4.69) is 15.1 Å². The van der Waals surface area contributed by atoms with Crippen LogP contribution in [0, 0.1) is 0 Å². The predicted octanol–water partition coefficient (Wildman–Crippen LogP) is 1.19. The van der Waals surface area contributed by atoms with Gasteiger partial charge in [-0.25, -0.2) is 13.4 Å². The van der Waals surface area contributed by atoms with Crippen LogP contribution in [0.1, 0.15) is 25.1 Å². The maximum atomic E-state index is 11.0. The van der Waals surface area contributed by atoms with Gasteiger partial charge in [0, 0.05) is 23.3 Å². The van der Waals surface area contributed by atoms with Gasteiger partial charge in [0.25, 0.3) is 9.05 Å². The lowest BCUT2D eigenvalue weighted by Crippen LogP contribution is -1.99. The summed E-state index contributed by atoms with van der Waals surface area (Å²) in [5.74, 6) is 1.03. The van der Waals surface area contributed by atoms with Crippen molar-refractivity contribution in [3.05, 3.63) is 24.2 Å². The Morgan fingerprint density at radius 2 is 2.28 bits per heavy atom. The van der Waals surface area contributed by atoms with Gasteiger partial charge in [-0.2, -0.15) is 4.98 Å². The summed E-state index contributed by atoms with van der Waals surface area (Å²) in [7, 11) is 1.37. The first-order valence-electron chi connectivity index (χ1n) is 5.27. The Kier molecular flexibility index (Phi) is 3.67. The van der Waals surface area contributed by atoms with E-state index in [-0.39, 0.29) is 11.6 Å². The van der Waals surface area contributed by atoms with E-state index in [1.807, 2.05) is 6.92 Å². The molecule has 2 rings (SSSR count). The van der Waals surface area contributed by atoms with Crippen molar-refractivity contribution in [1.29, 1.82) is 0 Å². The average Bonchev–Trinajstić information content (AvgIpc) is 2.88. The van der Waals surface area contributed by atoms with Gasteiger partial charge >= 0.3 is 0 Å². The van der Waals surface area contributed by atoms with Crippen LogP contribution in [-0.4, -0.2) is 28.1 Å². The van der Waals surface area contributed by atoms with Crippen LogP contribution in [-0.2, 0) is 22.0 Å². The van der Waals surface area contributed by atoms with Gasteiger partial charge in [0.1, 0.15) is 0 Å². The second-order valence-electron chi connectivity index (χ2n) is 3.68. The first-order chi connectivity index (χ1) is 8.49. The van der Waals surface area contributed by atoms with Crippen molar-refractivity contribution < 1.29 is 12.9 Å². The molecule has 7 nitrogen and oxygen atoms in total. The lowest BCUT2D eigenvalue weighted by Gasteiger charge is -1.94. The van der Waals surface area contributed by atoms with Crippen LogP contribution in [0.15, 0.2) is 22.1 Å². The molecule has 0 saturated heterocycles. The molecule has 18 heavy (non-hydrogen) atoms. The molecule has 0 N–H and O–H groups in total. The SMILES string of the molecule is CCCc1nc(Cn2cnc(S(=O)(=O)Cl)c2)no1. The molecule has 0 fully saturated rings. The van der Waals surface area contributed by atoms with Crippen molar-refractivity contribution in [2.75, 3.05) is 0 Å². The summed E-state index contributed by atoms with van der Waals surface area (Å²) < 4.78 is 28.6. The molecule has 2 aromatic rings. The number of halogens is 1. The normalized spacial score (nSPS) is 11.9. The maximum Gasteiger partial charge on any atom is 0.280 e. The van der Waals surface area contributed by atoms with Crippen molar-refractivity contribution in [3.8, 4) is 0 Å². The molecule has 0 aliphatic carbocycles. The summed E-state index contributed by atoms with van der Waals surface area (Å²) in [6.07, 6.45) is 4.31. The minimum Gasteiger partial charge on any atom is -0.339 e. The number of aromatic nitrogens is 4. The molecule has 0 spiro atoms. The molecule has 2 heterocycles. The zero-order valence-electron chi connectivity index (χ0n) is 9.58. The Labute approximate surface area is 108 Å². The van der Waals surface area contributed by atoms with Gasteiger partial charge < -0.3 is 9.09 Å². The molecule has 9 heteroatoms. The third-order valence-corrected chi connectivity index (χ3v) is 3.34. The summed E-state index contributed by atoms with van der Waals surface area (Å²) in [4.78, 5) is 7.84. The lowest BCUT2D eigenvalue weighted by atomic mass is 10.3. The molecule has 0 amide bonds. The highest BCUT2D eigenvalue weighted by atomic mass is 35.7. The number of rotatable bonds is 5. The van der Waals surface area contributed by atoms with Crippen molar-refractivity contribution in [2.45, 2.75) is 31.3 Å². The largest absolute Gasteiger partial charge is 0.339 e. The van der Waals surface area contributed by atoms with Crippen molar-refractivity contribution >= 4 is 19.7 Å². The van der Waals surface area contributed by atoms with Crippen molar-refractivity contribution in [1.82, 2.24) is 19.7 Å². The maximum absolute atomic E-state index is 11.0. The average molecular weight is 291 g/mol. The molecule has 2 aromatic heterocycles. The molecule has 0 bridgehead atoms. The summed E-state index contributed by atoms with van der Waals surface area (Å²) in [6.45, 7) is 2.30. The fraction of sp³-hybridized carbons (Fsp3) is 0.444. The number of nitrogens with zero attached hydrogens (tertiary/aromatic N) is 4. The van der Waals surface area contributed by atoms with Crippen LogP contribution in [0.3, 0.4) is 0 Å². The predicted molar refractivity (Wildman–Crippen MR) is 62.7 cm³/mol. The second kappa shape index (κ2) is 5.07. The van der Waals surface area contributed by atoms with Crippen molar-refractivity contribution in [3.63, 3.8) is 0 Å². The zero-order valence-corrected chi connectivity index (χ0v) is 11.1. The van der Waals surface area contributed by atoms with E-state index >= 15 is 0 Å². The topological polar surface area (TPSA) is 90.9 Å². The van der Waals surface area contributed by atoms with E-state index in [4.69, 9.17) is 15.2 Å². The van der Waals surface area contributed by atoms with Crippen molar-refractivity contribution in [2.24, 2.45) is 0 Å². The van der Waals surface area contributed by atoms with Gasteiger partial charge in [-0.1, -0.05) is 12.1 Å². The van der Waals surface area contributed by atoms with E-state index in [9.17, 15) is 8.42 Å². The highest BCUT2D eigenvalue weighted by Gasteiger charge is 2.14. The Bertz CT molecular complexity index is 634. The smallest absolute Gasteiger partial charge is 0.280 e. The summed E-state index contributed by atoms with van der Waals surface area (Å²) in [5, 5.41) is 3.59. The number of hydrogen-bond donors (Lipinski definition) is 0. The highest BCUT2D eigenvalue weighted by molar-refractivity contribution is 8.13. The molecule has 0 atom stereocenters. The van der Waals surface area contributed by atoms with E-state index in [0.717, 1.165) is 12.8 Å². The van der Waals surface area contributed by atoms with Gasteiger partial charge in [0.15, 0.2) is 10.9 Å². The Morgan fingerprint density at radius 3 is 2.89 bits per heavy atom. The quantitative estimate of drug-likeness (QED) is 0.768. The van der Waals surface area contributed by atoms with Gasteiger partial charge in [-0.15, -0.1) is 0 Å². The summed E-state index contributed by atoms with van der Waals surface area (Å²) in [6, 6.07) is 0.